The lowest BCUT2D eigenvalue weighted by atomic mass is 10.2. The van der Waals surface area contributed by atoms with Crippen LogP contribution in [-0.4, -0.2) is 24.5 Å². The summed E-state index contributed by atoms with van der Waals surface area (Å²) in [7, 11) is -3.92. The number of anilines is 1. The summed E-state index contributed by atoms with van der Waals surface area (Å²) in [5, 5.41) is 9.03. The lowest BCUT2D eigenvalue weighted by molar-refractivity contribution is 0.0698. The number of benzene rings is 1. The highest BCUT2D eigenvalue weighted by molar-refractivity contribution is 7.92. The minimum atomic E-state index is -3.92. The molecule has 0 saturated heterocycles. The normalized spacial score (nSPS) is 11.1. The molecule has 0 saturated carbocycles. The molecular weight excluding hydrogens is 304 g/mol. The number of pyridine rings is 1. The first-order chi connectivity index (χ1) is 9.42. The van der Waals surface area contributed by atoms with Gasteiger partial charge in [-0.3, -0.25) is 9.71 Å². The summed E-state index contributed by atoms with van der Waals surface area (Å²) in [6.07, 6.45) is 2.59. The van der Waals surface area contributed by atoms with Crippen molar-refractivity contribution in [2.24, 2.45) is 0 Å². The third-order valence-electron chi connectivity index (χ3n) is 2.42. The van der Waals surface area contributed by atoms with Crippen LogP contribution in [0.1, 0.15) is 10.4 Å². The Morgan fingerprint density at radius 2 is 2.00 bits per heavy atom. The minimum Gasteiger partial charge on any atom is -0.478 e. The summed E-state index contributed by atoms with van der Waals surface area (Å²) in [5.41, 5.74) is -0.407. The van der Waals surface area contributed by atoms with E-state index in [1.165, 1.54) is 36.5 Å². The van der Waals surface area contributed by atoms with Gasteiger partial charge >= 0.3 is 5.97 Å². The summed E-state index contributed by atoms with van der Waals surface area (Å²) in [6.45, 7) is 0. The van der Waals surface area contributed by atoms with E-state index < -0.39 is 16.0 Å². The van der Waals surface area contributed by atoms with Crippen LogP contribution >= 0.6 is 11.6 Å². The Morgan fingerprint density at radius 3 is 2.60 bits per heavy atom. The summed E-state index contributed by atoms with van der Waals surface area (Å²) in [5.74, 6) is -1.32. The number of hydrogen-bond donors (Lipinski definition) is 2. The molecule has 2 aromatic rings. The van der Waals surface area contributed by atoms with E-state index in [1.54, 1.807) is 0 Å². The number of nitrogens with zero attached hydrogens (tertiary/aromatic N) is 1. The van der Waals surface area contributed by atoms with Crippen molar-refractivity contribution in [2.45, 2.75) is 4.90 Å². The second-order valence-electron chi connectivity index (χ2n) is 3.76. The van der Waals surface area contributed by atoms with E-state index in [1.807, 2.05) is 0 Å². The Bertz CT molecular complexity index is 747. The van der Waals surface area contributed by atoms with Crippen LogP contribution in [0.3, 0.4) is 0 Å². The van der Waals surface area contributed by atoms with Gasteiger partial charge in [-0.15, -0.1) is 0 Å². The van der Waals surface area contributed by atoms with Gasteiger partial charge in [0.15, 0.2) is 0 Å². The van der Waals surface area contributed by atoms with E-state index in [0.717, 1.165) is 6.20 Å². The zero-order valence-corrected chi connectivity index (χ0v) is 11.5. The van der Waals surface area contributed by atoms with Crippen molar-refractivity contribution in [1.82, 2.24) is 4.98 Å². The maximum absolute atomic E-state index is 12.1. The quantitative estimate of drug-likeness (QED) is 0.902. The van der Waals surface area contributed by atoms with Crippen molar-refractivity contribution in [2.75, 3.05) is 4.72 Å². The predicted octanol–water partition coefficient (Wildman–Crippen LogP) is 2.23. The molecule has 0 amide bonds. The number of carboxylic acids is 1. The van der Waals surface area contributed by atoms with Gasteiger partial charge in [0, 0.05) is 12.4 Å². The molecule has 1 heterocycles. The van der Waals surface area contributed by atoms with Crippen LogP contribution in [0.15, 0.2) is 47.6 Å². The van der Waals surface area contributed by atoms with Crippen LogP contribution in [0, 0.1) is 0 Å². The van der Waals surface area contributed by atoms with E-state index >= 15 is 0 Å². The van der Waals surface area contributed by atoms with Crippen LogP contribution in [0.5, 0.6) is 0 Å². The fraction of sp³-hybridized carbons (Fsp3) is 0. The van der Waals surface area contributed by atoms with Crippen molar-refractivity contribution < 1.29 is 18.3 Å². The SMILES string of the molecule is O=C(O)c1c(Cl)cccc1NS(=O)(=O)c1cccnc1. The van der Waals surface area contributed by atoms with Crippen molar-refractivity contribution in [3.8, 4) is 0 Å². The highest BCUT2D eigenvalue weighted by Crippen LogP contribution is 2.26. The third kappa shape index (κ3) is 2.89. The lowest BCUT2D eigenvalue weighted by Gasteiger charge is -2.11. The first-order valence-corrected chi connectivity index (χ1v) is 7.22. The Kier molecular flexibility index (Phi) is 3.91. The highest BCUT2D eigenvalue weighted by Gasteiger charge is 2.20. The molecule has 0 spiro atoms. The van der Waals surface area contributed by atoms with Crippen molar-refractivity contribution in [3.63, 3.8) is 0 Å². The maximum Gasteiger partial charge on any atom is 0.339 e. The van der Waals surface area contributed by atoms with Gasteiger partial charge in [0.2, 0.25) is 0 Å². The summed E-state index contributed by atoms with van der Waals surface area (Å²) in [6, 6.07) is 6.96. The predicted molar refractivity (Wildman–Crippen MR) is 73.5 cm³/mol. The lowest BCUT2D eigenvalue weighted by Crippen LogP contribution is -2.16. The van der Waals surface area contributed by atoms with Gasteiger partial charge in [-0.25, -0.2) is 13.2 Å². The number of carboxylic acid groups (broad SMARTS) is 1. The molecule has 2 N–H and O–H groups in total. The number of rotatable bonds is 4. The van der Waals surface area contributed by atoms with Crippen molar-refractivity contribution in [1.29, 1.82) is 0 Å². The number of hydrogen-bond acceptors (Lipinski definition) is 4. The van der Waals surface area contributed by atoms with Gasteiger partial charge in [0.25, 0.3) is 10.0 Å². The van der Waals surface area contributed by atoms with Gasteiger partial charge in [-0.05, 0) is 24.3 Å². The molecule has 0 bridgehead atoms. The zero-order valence-electron chi connectivity index (χ0n) is 9.95. The number of halogens is 1. The number of sulfonamides is 1. The van der Waals surface area contributed by atoms with Gasteiger partial charge in [0.1, 0.15) is 10.5 Å². The molecule has 0 fully saturated rings. The minimum absolute atomic E-state index is 0.0520. The second kappa shape index (κ2) is 5.48. The smallest absolute Gasteiger partial charge is 0.339 e. The molecule has 0 aliphatic rings. The fourth-order valence-electron chi connectivity index (χ4n) is 1.54. The maximum atomic E-state index is 12.1. The van der Waals surface area contributed by atoms with Crippen LogP contribution in [0.4, 0.5) is 5.69 Å². The van der Waals surface area contributed by atoms with Gasteiger partial charge in [-0.1, -0.05) is 17.7 Å². The molecule has 0 aliphatic heterocycles. The fourth-order valence-corrected chi connectivity index (χ4v) is 2.83. The number of aromatic carboxylic acids is 1. The van der Waals surface area contributed by atoms with Crippen molar-refractivity contribution in [3.05, 3.63) is 53.3 Å². The van der Waals surface area contributed by atoms with Gasteiger partial charge in [0.05, 0.1) is 10.7 Å². The molecule has 8 heteroatoms. The molecule has 0 radical (unpaired) electrons. The van der Waals surface area contributed by atoms with Crippen molar-refractivity contribution >= 4 is 33.3 Å². The number of carbonyl (C=O) groups is 1. The average Bonchev–Trinajstić information content (AvgIpc) is 2.39. The van der Waals surface area contributed by atoms with Crippen LogP contribution in [0.2, 0.25) is 5.02 Å². The molecule has 0 unspecified atom stereocenters. The average molecular weight is 313 g/mol. The molecule has 6 nitrogen and oxygen atoms in total. The number of nitrogens with one attached hydrogen (secondary N) is 1. The molecule has 104 valence electrons. The molecule has 0 atom stereocenters. The molecular formula is C12H9ClN2O4S. The van der Waals surface area contributed by atoms with Crippen LogP contribution in [-0.2, 0) is 10.0 Å². The highest BCUT2D eigenvalue weighted by atomic mass is 35.5. The first kappa shape index (κ1) is 14.3. The Hall–Kier alpha value is -2.12. The Balaban J connectivity index is 2.46. The topological polar surface area (TPSA) is 96.4 Å². The molecule has 1 aromatic carbocycles. The van der Waals surface area contributed by atoms with E-state index in [-0.39, 0.29) is 21.2 Å². The van der Waals surface area contributed by atoms with Gasteiger partial charge < -0.3 is 5.11 Å². The molecule has 20 heavy (non-hydrogen) atoms. The van der Waals surface area contributed by atoms with E-state index in [9.17, 15) is 13.2 Å². The summed E-state index contributed by atoms with van der Waals surface area (Å²) in [4.78, 5) is 14.8. The molecule has 1 aromatic heterocycles. The largest absolute Gasteiger partial charge is 0.478 e. The van der Waals surface area contributed by atoms with Gasteiger partial charge in [-0.2, -0.15) is 0 Å². The van der Waals surface area contributed by atoms with E-state index in [4.69, 9.17) is 16.7 Å². The van der Waals surface area contributed by atoms with Crippen LogP contribution < -0.4 is 4.72 Å². The standard InChI is InChI=1S/C12H9ClN2O4S/c13-9-4-1-5-10(11(9)12(16)17)15-20(18,19)8-3-2-6-14-7-8/h1-7,15H,(H,16,17). The summed E-state index contributed by atoms with van der Waals surface area (Å²) < 4.78 is 26.4. The van der Waals surface area contributed by atoms with E-state index in [0.29, 0.717) is 0 Å². The third-order valence-corrected chi connectivity index (χ3v) is 4.08. The Labute approximate surface area is 120 Å². The van der Waals surface area contributed by atoms with E-state index in [2.05, 4.69) is 9.71 Å². The zero-order chi connectivity index (χ0) is 14.8. The Morgan fingerprint density at radius 1 is 1.25 bits per heavy atom. The molecule has 0 aliphatic carbocycles. The summed E-state index contributed by atoms with van der Waals surface area (Å²) >= 11 is 5.77. The molecule has 2 rings (SSSR count). The first-order valence-electron chi connectivity index (χ1n) is 5.36. The van der Waals surface area contributed by atoms with Crippen LogP contribution in [0.25, 0.3) is 0 Å². The second-order valence-corrected chi connectivity index (χ2v) is 5.85. The monoisotopic (exact) mass is 312 g/mol. The number of aromatic nitrogens is 1.